The monoisotopic (exact) mass is 258 g/mol. The van der Waals surface area contributed by atoms with Gasteiger partial charge in [0.1, 0.15) is 0 Å². The number of benzene rings is 1. The number of anilines is 1. The Balaban J connectivity index is 1.99. The molecular weight excluding hydrogens is 240 g/mol. The van der Waals surface area contributed by atoms with Crippen molar-refractivity contribution in [3.63, 3.8) is 0 Å². The van der Waals surface area contributed by atoms with Crippen LogP contribution in [0.1, 0.15) is 11.3 Å². The van der Waals surface area contributed by atoms with E-state index in [9.17, 15) is 4.79 Å². The lowest BCUT2D eigenvalue weighted by Crippen LogP contribution is -2.31. The molecule has 1 aromatic heterocycles. The van der Waals surface area contributed by atoms with Gasteiger partial charge in [0.05, 0.1) is 5.92 Å². The van der Waals surface area contributed by atoms with Gasteiger partial charge in [-0.05, 0) is 18.9 Å². The van der Waals surface area contributed by atoms with Gasteiger partial charge >= 0.3 is 0 Å². The Labute approximate surface area is 112 Å². The molecule has 1 unspecified atom stereocenters. The first-order valence-electron chi connectivity index (χ1n) is 6.26. The van der Waals surface area contributed by atoms with Crippen molar-refractivity contribution in [1.29, 1.82) is 0 Å². The Kier molecular flexibility index (Phi) is 4.30. The molecular formula is C14H18N4O. The highest BCUT2D eigenvalue weighted by Gasteiger charge is 2.18. The molecule has 5 nitrogen and oxygen atoms in total. The maximum Gasteiger partial charge on any atom is 0.230 e. The van der Waals surface area contributed by atoms with Gasteiger partial charge < -0.3 is 11.1 Å². The van der Waals surface area contributed by atoms with E-state index < -0.39 is 0 Å². The molecule has 2 rings (SSSR count). The SMILES string of the molecule is Cc1cc(NC(=O)C(CN)Cc2ccccc2)n[nH]1. The highest BCUT2D eigenvalue weighted by molar-refractivity contribution is 5.92. The zero-order chi connectivity index (χ0) is 13.7. The first-order chi connectivity index (χ1) is 9.19. The number of amides is 1. The van der Waals surface area contributed by atoms with E-state index >= 15 is 0 Å². The topological polar surface area (TPSA) is 83.8 Å². The van der Waals surface area contributed by atoms with Gasteiger partial charge in [-0.1, -0.05) is 30.3 Å². The van der Waals surface area contributed by atoms with Crippen LogP contribution in [0.5, 0.6) is 0 Å². The molecule has 1 aromatic carbocycles. The fraction of sp³-hybridized carbons (Fsp3) is 0.286. The quantitative estimate of drug-likeness (QED) is 0.759. The van der Waals surface area contributed by atoms with Crippen molar-refractivity contribution in [1.82, 2.24) is 10.2 Å². The van der Waals surface area contributed by atoms with Gasteiger partial charge in [-0.3, -0.25) is 9.89 Å². The summed E-state index contributed by atoms with van der Waals surface area (Å²) in [7, 11) is 0. The highest BCUT2D eigenvalue weighted by atomic mass is 16.2. The summed E-state index contributed by atoms with van der Waals surface area (Å²) in [6.45, 7) is 2.19. The fourth-order valence-electron chi connectivity index (χ4n) is 1.89. The van der Waals surface area contributed by atoms with Gasteiger partial charge in [-0.15, -0.1) is 0 Å². The third-order valence-electron chi connectivity index (χ3n) is 2.94. The number of carbonyl (C=O) groups is 1. The number of nitrogens with zero attached hydrogens (tertiary/aromatic N) is 1. The van der Waals surface area contributed by atoms with Gasteiger partial charge in [0.2, 0.25) is 5.91 Å². The van der Waals surface area contributed by atoms with Crippen molar-refractivity contribution in [3.05, 3.63) is 47.7 Å². The molecule has 0 fully saturated rings. The Bertz CT molecular complexity index is 535. The lowest BCUT2D eigenvalue weighted by molar-refractivity contribution is -0.119. The summed E-state index contributed by atoms with van der Waals surface area (Å²) < 4.78 is 0. The van der Waals surface area contributed by atoms with Crippen molar-refractivity contribution < 1.29 is 4.79 Å². The van der Waals surface area contributed by atoms with Crippen molar-refractivity contribution in [3.8, 4) is 0 Å². The van der Waals surface area contributed by atoms with Crippen LogP contribution < -0.4 is 11.1 Å². The van der Waals surface area contributed by atoms with Crippen LogP contribution in [0.2, 0.25) is 0 Å². The molecule has 100 valence electrons. The molecule has 2 aromatic rings. The second-order valence-corrected chi connectivity index (χ2v) is 4.55. The fourth-order valence-corrected chi connectivity index (χ4v) is 1.89. The molecule has 0 aliphatic rings. The average molecular weight is 258 g/mol. The first kappa shape index (κ1) is 13.3. The Morgan fingerprint density at radius 2 is 2.16 bits per heavy atom. The molecule has 1 amide bonds. The van der Waals surface area contributed by atoms with Crippen LogP contribution in [0.15, 0.2) is 36.4 Å². The molecule has 0 radical (unpaired) electrons. The van der Waals surface area contributed by atoms with Crippen LogP contribution in [-0.2, 0) is 11.2 Å². The Morgan fingerprint density at radius 3 is 2.74 bits per heavy atom. The summed E-state index contributed by atoms with van der Waals surface area (Å²) >= 11 is 0. The van der Waals surface area contributed by atoms with E-state index in [4.69, 9.17) is 5.73 Å². The van der Waals surface area contributed by atoms with Gasteiger partial charge in [0.25, 0.3) is 0 Å². The predicted octanol–water partition coefficient (Wildman–Crippen LogP) is 1.47. The number of nitrogens with one attached hydrogen (secondary N) is 2. The number of carbonyl (C=O) groups excluding carboxylic acids is 1. The number of rotatable bonds is 5. The van der Waals surface area contributed by atoms with E-state index in [1.807, 2.05) is 37.3 Å². The number of H-pyrrole nitrogens is 1. The third kappa shape index (κ3) is 3.66. The molecule has 5 heteroatoms. The third-order valence-corrected chi connectivity index (χ3v) is 2.94. The summed E-state index contributed by atoms with van der Waals surface area (Å²) in [6, 6.07) is 11.6. The molecule has 1 heterocycles. The minimum absolute atomic E-state index is 0.0992. The number of hydrogen-bond donors (Lipinski definition) is 3. The largest absolute Gasteiger partial charge is 0.330 e. The number of nitrogens with two attached hydrogens (primary N) is 1. The molecule has 0 saturated carbocycles. The summed E-state index contributed by atoms with van der Waals surface area (Å²) in [5.74, 6) is 0.186. The van der Waals surface area contributed by atoms with Crippen LogP contribution in [0, 0.1) is 12.8 Å². The zero-order valence-electron chi connectivity index (χ0n) is 10.9. The van der Waals surface area contributed by atoms with Crippen LogP contribution in [0.4, 0.5) is 5.82 Å². The summed E-state index contributed by atoms with van der Waals surface area (Å²) in [5.41, 5.74) is 7.70. The van der Waals surface area contributed by atoms with E-state index in [1.54, 1.807) is 6.07 Å². The molecule has 0 aliphatic carbocycles. The molecule has 4 N–H and O–H groups in total. The lowest BCUT2D eigenvalue weighted by Gasteiger charge is -2.13. The summed E-state index contributed by atoms with van der Waals surface area (Å²) in [4.78, 5) is 12.1. The minimum atomic E-state index is -0.251. The number of aromatic nitrogens is 2. The van der Waals surface area contributed by atoms with Gasteiger partial charge in [0, 0.05) is 18.3 Å². The van der Waals surface area contributed by atoms with E-state index in [-0.39, 0.29) is 11.8 Å². The summed E-state index contributed by atoms with van der Waals surface area (Å²) in [6.07, 6.45) is 0.632. The van der Waals surface area contributed by atoms with Gasteiger partial charge in [0.15, 0.2) is 5.82 Å². The van der Waals surface area contributed by atoms with Crippen molar-refractivity contribution in [2.24, 2.45) is 11.7 Å². The second-order valence-electron chi connectivity index (χ2n) is 4.55. The lowest BCUT2D eigenvalue weighted by atomic mass is 9.98. The standard InChI is InChI=1S/C14H18N4O/c1-10-7-13(18-17-10)16-14(19)12(9-15)8-11-5-3-2-4-6-11/h2-7,12H,8-9,15H2,1H3,(H2,16,17,18,19). The molecule has 0 bridgehead atoms. The Morgan fingerprint density at radius 1 is 1.42 bits per heavy atom. The number of hydrogen-bond acceptors (Lipinski definition) is 3. The predicted molar refractivity (Wildman–Crippen MR) is 74.6 cm³/mol. The Hall–Kier alpha value is -2.14. The summed E-state index contributed by atoms with van der Waals surface area (Å²) in [5, 5.41) is 9.54. The van der Waals surface area contributed by atoms with Crippen molar-refractivity contribution >= 4 is 11.7 Å². The zero-order valence-corrected chi connectivity index (χ0v) is 10.9. The van der Waals surface area contributed by atoms with Crippen molar-refractivity contribution in [2.75, 3.05) is 11.9 Å². The average Bonchev–Trinajstić information content (AvgIpc) is 2.82. The van der Waals surface area contributed by atoms with Gasteiger partial charge in [-0.2, -0.15) is 5.10 Å². The van der Waals surface area contributed by atoms with E-state index in [1.165, 1.54) is 0 Å². The minimum Gasteiger partial charge on any atom is -0.330 e. The molecule has 0 saturated heterocycles. The molecule has 19 heavy (non-hydrogen) atoms. The maximum absolute atomic E-state index is 12.1. The first-order valence-corrected chi connectivity index (χ1v) is 6.26. The smallest absolute Gasteiger partial charge is 0.230 e. The highest BCUT2D eigenvalue weighted by Crippen LogP contribution is 2.11. The van der Waals surface area contributed by atoms with Crippen molar-refractivity contribution in [2.45, 2.75) is 13.3 Å². The number of aromatic amines is 1. The van der Waals surface area contributed by atoms with Crippen LogP contribution >= 0.6 is 0 Å². The van der Waals surface area contributed by atoms with Gasteiger partial charge in [-0.25, -0.2) is 0 Å². The molecule has 0 spiro atoms. The normalized spacial score (nSPS) is 12.1. The molecule has 1 atom stereocenters. The van der Waals surface area contributed by atoms with Crippen LogP contribution in [0.25, 0.3) is 0 Å². The second kappa shape index (κ2) is 6.15. The van der Waals surface area contributed by atoms with E-state index in [0.29, 0.717) is 18.8 Å². The van der Waals surface area contributed by atoms with Crippen LogP contribution in [0.3, 0.4) is 0 Å². The molecule has 0 aliphatic heterocycles. The van der Waals surface area contributed by atoms with E-state index in [2.05, 4.69) is 15.5 Å². The van der Waals surface area contributed by atoms with Crippen LogP contribution in [-0.4, -0.2) is 22.6 Å². The van der Waals surface area contributed by atoms with E-state index in [0.717, 1.165) is 11.3 Å². The number of aryl methyl sites for hydroxylation is 1. The maximum atomic E-state index is 12.1.